The summed E-state index contributed by atoms with van der Waals surface area (Å²) in [6.45, 7) is 12.5. The van der Waals surface area contributed by atoms with Crippen LogP contribution < -0.4 is 0 Å². The van der Waals surface area contributed by atoms with Gasteiger partial charge in [-0.2, -0.15) is 0 Å². The molecule has 0 saturated heterocycles. The molecule has 0 bridgehead atoms. The van der Waals surface area contributed by atoms with Crippen LogP contribution >= 0.6 is 0 Å². The minimum atomic E-state index is -1.55. The summed E-state index contributed by atoms with van der Waals surface area (Å²) in [5.74, 6) is -0.887. The molecule has 5 fully saturated rings. The first-order valence-electron chi connectivity index (χ1n) is 21.5. The molecule has 7 aliphatic carbocycles. The van der Waals surface area contributed by atoms with Gasteiger partial charge in [-0.15, -0.1) is 0 Å². The molecule has 0 radical (unpaired) electrons. The van der Waals surface area contributed by atoms with Crippen molar-refractivity contribution in [3.05, 3.63) is 23.3 Å². The van der Waals surface area contributed by atoms with E-state index < -0.39 is 84.4 Å². The molecule has 0 aromatic carbocycles. The molecule has 0 unspecified atom stereocenters. The van der Waals surface area contributed by atoms with E-state index in [4.69, 9.17) is 9.47 Å². The molecule has 0 heterocycles. The van der Waals surface area contributed by atoms with Crippen molar-refractivity contribution in [3.8, 4) is 0 Å². The Morgan fingerprint density at radius 3 is 2.05 bits per heavy atom. The van der Waals surface area contributed by atoms with Crippen molar-refractivity contribution in [1.29, 1.82) is 0 Å². The van der Waals surface area contributed by atoms with Gasteiger partial charge in [0, 0.05) is 35.4 Å². The average molecular weight is 793 g/mol. The molecule has 7 aliphatic rings. The molecule has 5 saturated carbocycles. The lowest BCUT2D eigenvalue weighted by atomic mass is 9.35. The van der Waals surface area contributed by atoms with Crippen molar-refractivity contribution in [2.24, 2.45) is 56.2 Å². The molecule has 12 heteroatoms. The van der Waals surface area contributed by atoms with E-state index in [2.05, 4.69) is 46.8 Å². The summed E-state index contributed by atoms with van der Waals surface area (Å²) in [5.41, 5.74) is -0.187. The van der Waals surface area contributed by atoms with Gasteiger partial charge in [-0.25, -0.2) is 0 Å². The first kappa shape index (κ1) is 43.1. The van der Waals surface area contributed by atoms with E-state index in [-0.39, 0.29) is 65.7 Å². The van der Waals surface area contributed by atoms with E-state index in [1.54, 1.807) is 0 Å². The highest BCUT2D eigenvalue weighted by Gasteiger charge is 2.69. The molecule has 20 atom stereocenters. The van der Waals surface area contributed by atoms with Gasteiger partial charge in [0.1, 0.15) is 24.4 Å². The van der Waals surface area contributed by atoms with Gasteiger partial charge < -0.3 is 60.5 Å². The minimum absolute atomic E-state index is 0.0344. The van der Waals surface area contributed by atoms with Crippen LogP contribution in [0.4, 0.5) is 0 Å². The summed E-state index contributed by atoms with van der Waals surface area (Å²) < 4.78 is 13.1. The van der Waals surface area contributed by atoms with Gasteiger partial charge in [0.05, 0.1) is 49.8 Å². The molecule has 0 aliphatic heterocycles. The van der Waals surface area contributed by atoms with Crippen LogP contribution in [0.2, 0.25) is 0 Å². The van der Waals surface area contributed by atoms with E-state index in [1.807, 2.05) is 6.92 Å². The monoisotopic (exact) mass is 793 g/mol. The number of hydrogen-bond donors (Lipinski definition) is 10. The Morgan fingerprint density at radius 2 is 1.41 bits per heavy atom. The van der Waals surface area contributed by atoms with Crippen LogP contribution in [0.25, 0.3) is 0 Å². The zero-order valence-electron chi connectivity index (χ0n) is 34.4. The van der Waals surface area contributed by atoms with Gasteiger partial charge in [-0.3, -0.25) is 0 Å². The summed E-state index contributed by atoms with van der Waals surface area (Å²) in [4.78, 5) is 0. The number of hydrogen-bond acceptors (Lipinski definition) is 12. The quantitative estimate of drug-likeness (QED) is 0.171. The number of rotatable bonds is 8. The summed E-state index contributed by atoms with van der Waals surface area (Å²) in [6.07, 6.45) is -0.00376. The van der Waals surface area contributed by atoms with E-state index in [0.717, 1.165) is 31.3 Å². The molecule has 0 spiro atoms. The fourth-order valence-electron chi connectivity index (χ4n) is 14.0. The Labute approximate surface area is 332 Å². The second kappa shape index (κ2) is 14.9. The van der Waals surface area contributed by atoms with E-state index >= 15 is 0 Å². The van der Waals surface area contributed by atoms with E-state index in [1.165, 1.54) is 5.57 Å². The number of allylic oxidation sites excluding steroid dienone is 3. The van der Waals surface area contributed by atoms with Crippen molar-refractivity contribution in [2.75, 3.05) is 26.4 Å². The molecule has 7 rings (SSSR count). The molecule has 10 N–H and O–H groups in total. The highest BCUT2D eigenvalue weighted by Crippen LogP contribution is 2.74. The molecule has 0 aromatic rings. The van der Waals surface area contributed by atoms with E-state index in [0.29, 0.717) is 32.1 Å². The number of ether oxygens (including phenoxy) is 2. The third-order valence-corrected chi connectivity index (χ3v) is 18.1. The third-order valence-electron chi connectivity index (χ3n) is 18.1. The Balaban J connectivity index is 1.15. The summed E-state index contributed by atoms with van der Waals surface area (Å²) >= 11 is 0. The van der Waals surface area contributed by atoms with Crippen LogP contribution in [0, 0.1) is 56.2 Å². The van der Waals surface area contributed by atoms with Gasteiger partial charge in [0.2, 0.25) is 0 Å². The van der Waals surface area contributed by atoms with Crippen molar-refractivity contribution in [1.82, 2.24) is 0 Å². The minimum Gasteiger partial charge on any atom is -0.396 e. The fourth-order valence-corrected chi connectivity index (χ4v) is 14.0. The predicted octanol–water partition coefficient (Wildman–Crippen LogP) is 1.98. The topological polar surface area (TPSA) is 221 Å². The lowest BCUT2D eigenvalue weighted by Crippen LogP contribution is -2.66. The van der Waals surface area contributed by atoms with Crippen LogP contribution in [0.5, 0.6) is 0 Å². The van der Waals surface area contributed by atoms with Crippen LogP contribution in [0.3, 0.4) is 0 Å². The third kappa shape index (κ3) is 6.12. The Kier molecular flexibility index (Phi) is 11.4. The van der Waals surface area contributed by atoms with Crippen LogP contribution in [0.15, 0.2) is 23.3 Å². The lowest BCUT2D eigenvalue weighted by Gasteiger charge is -2.70. The maximum atomic E-state index is 12.0. The Bertz CT molecular complexity index is 1520. The maximum Gasteiger partial charge on any atom is 0.112 e. The smallest absolute Gasteiger partial charge is 0.112 e. The van der Waals surface area contributed by atoms with Crippen LogP contribution in [-0.2, 0) is 9.47 Å². The zero-order chi connectivity index (χ0) is 41.0. The van der Waals surface area contributed by atoms with Gasteiger partial charge in [0.25, 0.3) is 0 Å². The van der Waals surface area contributed by atoms with Crippen LogP contribution in [-0.4, -0.2) is 139 Å². The lowest BCUT2D eigenvalue weighted by molar-refractivity contribution is -0.267. The molecular weight excluding hydrogens is 720 g/mol. The molecule has 0 amide bonds. The number of aliphatic hydroxyl groups is 10. The molecule has 0 aromatic heterocycles. The van der Waals surface area contributed by atoms with Gasteiger partial charge in [-0.05, 0) is 104 Å². The summed E-state index contributed by atoms with van der Waals surface area (Å²) in [5, 5.41) is 109. The largest absolute Gasteiger partial charge is 0.396 e. The first-order valence-corrected chi connectivity index (χ1v) is 21.5. The highest BCUT2D eigenvalue weighted by molar-refractivity contribution is 5.47. The summed E-state index contributed by atoms with van der Waals surface area (Å²) in [7, 11) is 0. The maximum absolute atomic E-state index is 12.0. The average Bonchev–Trinajstić information content (AvgIpc) is 3.17. The first-order chi connectivity index (χ1) is 26.2. The molecule has 56 heavy (non-hydrogen) atoms. The normalized spacial score (nSPS) is 55.9. The molecule has 12 nitrogen and oxygen atoms in total. The van der Waals surface area contributed by atoms with Crippen molar-refractivity contribution >= 4 is 0 Å². The second-order valence-electron chi connectivity index (χ2n) is 21.1. The summed E-state index contributed by atoms with van der Waals surface area (Å²) in [6, 6.07) is 0. The predicted molar refractivity (Wildman–Crippen MR) is 207 cm³/mol. The highest BCUT2D eigenvalue weighted by atomic mass is 16.6. The van der Waals surface area contributed by atoms with Crippen molar-refractivity contribution < 1.29 is 60.5 Å². The SMILES string of the molecule is C[C@H]1C[C@@H](O[C@H]2CC[C@@]3(C)[C@@H](CC[C@]4(C)[C@@H]3C=CC3=C5C[C@](C)(CO)CC[C@]5(CO)[C@H](O)C[C@]34C)[C@]2(C)CO)[C@H](O)[C@@H](O[C@@H]2C[C@H](CO)[C@@H](O)[C@H](O)[C@H]2O)[C@H]1O. The number of aliphatic hydroxyl groups excluding tert-OH is 10. The Morgan fingerprint density at radius 1 is 0.714 bits per heavy atom. The van der Waals surface area contributed by atoms with Gasteiger partial charge in [0.15, 0.2) is 0 Å². The van der Waals surface area contributed by atoms with Crippen molar-refractivity contribution in [2.45, 2.75) is 167 Å². The second-order valence-corrected chi connectivity index (χ2v) is 21.1. The van der Waals surface area contributed by atoms with Gasteiger partial charge in [-0.1, -0.05) is 59.3 Å². The molecular formula is C44H72O12. The van der Waals surface area contributed by atoms with Gasteiger partial charge >= 0.3 is 0 Å². The fraction of sp³-hybridized carbons (Fsp3) is 0.909. The molecule has 320 valence electrons. The van der Waals surface area contributed by atoms with Crippen molar-refractivity contribution in [3.63, 3.8) is 0 Å². The number of fused-ring (bicyclic) bond motifs is 6. The Hall–Kier alpha value is -1.00. The standard InChI is InChI=1S/C44H72O12/c1-23-15-27(36(53)38(33(23)50)56-28-16-24(19-45)34(51)37(54)35(28)52)55-32-10-11-40(3)29(41(32,4)21-47)9-12-42(5)30(40)8-7-25-26-17-39(2,20-46)13-14-44(26,22-48)31(49)18-43(25,42)6/h7-8,23-24,27-38,45-54H,9-22H2,1-6H3/t23-,24+,27+,28+,29+,30+,31+,32-,33-,34+,35-,36-,37-,38-,39+,40-,41-,42+,43+,44+/m0/s1. The zero-order valence-corrected chi connectivity index (χ0v) is 34.4. The van der Waals surface area contributed by atoms with Crippen LogP contribution in [0.1, 0.15) is 106 Å². The van der Waals surface area contributed by atoms with E-state index in [9.17, 15) is 51.1 Å².